The minimum absolute atomic E-state index is 0.524. The minimum Gasteiger partial charge on any atom is -0.349 e. The number of benzene rings is 1. The first-order chi connectivity index (χ1) is 11.7. The molecule has 0 spiro atoms. The van der Waals surface area contributed by atoms with Crippen LogP contribution in [0.5, 0.6) is 0 Å². The second-order valence-electron chi connectivity index (χ2n) is 7.72. The molecule has 1 saturated carbocycles. The highest BCUT2D eigenvalue weighted by Crippen LogP contribution is 2.28. The summed E-state index contributed by atoms with van der Waals surface area (Å²) in [6.07, 6.45) is 11.1. The van der Waals surface area contributed by atoms with Gasteiger partial charge in [0.2, 0.25) is 0 Å². The van der Waals surface area contributed by atoms with Crippen LogP contribution in [-0.2, 0) is 6.42 Å². The van der Waals surface area contributed by atoms with E-state index in [0.717, 1.165) is 25.4 Å². The molecular formula is C21H33N3. The zero-order valence-corrected chi connectivity index (χ0v) is 15.5. The number of guanidine groups is 1. The number of hydrogen-bond donors (Lipinski definition) is 0. The average Bonchev–Trinajstić information content (AvgIpc) is 3.00. The van der Waals surface area contributed by atoms with Crippen molar-refractivity contribution in [3.63, 3.8) is 0 Å². The Morgan fingerprint density at radius 1 is 1.08 bits per heavy atom. The zero-order valence-electron chi connectivity index (χ0n) is 15.5. The predicted octanol–water partition coefficient (Wildman–Crippen LogP) is 4.19. The van der Waals surface area contributed by atoms with E-state index in [1.807, 2.05) is 0 Å². The lowest BCUT2D eigenvalue weighted by atomic mass is 9.86. The standard InChI is InChI=1S/C21H33N3/c1-23(2)21-22-17-20(16-19-12-7-4-8-13-19)24(21)15-9-14-18-10-5-3-6-11-18/h4,7-8,12-13,18,20H,3,5-6,9-11,14-17H2,1-2H3/t20-/m0/s1. The topological polar surface area (TPSA) is 18.8 Å². The van der Waals surface area contributed by atoms with Crippen LogP contribution in [0.25, 0.3) is 0 Å². The van der Waals surface area contributed by atoms with Crippen LogP contribution < -0.4 is 0 Å². The Morgan fingerprint density at radius 2 is 1.83 bits per heavy atom. The van der Waals surface area contributed by atoms with Gasteiger partial charge in [-0.3, -0.25) is 4.99 Å². The van der Waals surface area contributed by atoms with Crippen LogP contribution in [0.15, 0.2) is 35.3 Å². The van der Waals surface area contributed by atoms with Gasteiger partial charge in [0.1, 0.15) is 0 Å². The van der Waals surface area contributed by atoms with Crippen molar-refractivity contribution < 1.29 is 0 Å². The van der Waals surface area contributed by atoms with Crippen molar-refractivity contribution in [1.29, 1.82) is 0 Å². The fraction of sp³-hybridized carbons (Fsp3) is 0.667. The van der Waals surface area contributed by atoms with Gasteiger partial charge in [0, 0.05) is 20.6 Å². The molecule has 1 atom stereocenters. The van der Waals surface area contributed by atoms with Gasteiger partial charge in [-0.1, -0.05) is 62.4 Å². The Hall–Kier alpha value is -1.51. The molecule has 1 aliphatic heterocycles. The van der Waals surface area contributed by atoms with Crippen molar-refractivity contribution >= 4 is 5.96 Å². The second-order valence-corrected chi connectivity index (χ2v) is 7.72. The van der Waals surface area contributed by atoms with Crippen molar-refractivity contribution in [2.45, 2.75) is 57.4 Å². The maximum atomic E-state index is 4.83. The molecule has 1 aromatic rings. The molecule has 1 fully saturated rings. The molecule has 0 amide bonds. The maximum Gasteiger partial charge on any atom is 0.196 e. The zero-order chi connectivity index (χ0) is 16.8. The number of rotatable bonds is 6. The van der Waals surface area contributed by atoms with Gasteiger partial charge in [0.15, 0.2) is 5.96 Å². The maximum absolute atomic E-state index is 4.83. The molecule has 0 N–H and O–H groups in total. The molecule has 3 nitrogen and oxygen atoms in total. The van der Waals surface area contributed by atoms with Crippen molar-refractivity contribution in [2.24, 2.45) is 10.9 Å². The van der Waals surface area contributed by atoms with E-state index in [0.29, 0.717) is 6.04 Å². The molecule has 132 valence electrons. The van der Waals surface area contributed by atoms with E-state index < -0.39 is 0 Å². The normalized spacial score (nSPS) is 21.8. The summed E-state index contributed by atoms with van der Waals surface area (Å²) >= 11 is 0. The Balaban J connectivity index is 1.55. The molecule has 2 aliphatic rings. The first-order valence-corrected chi connectivity index (χ1v) is 9.76. The number of hydrogen-bond acceptors (Lipinski definition) is 3. The molecule has 0 bridgehead atoms. The SMILES string of the molecule is CN(C)C1=NC[C@H](Cc2ccccc2)N1CCCC1CCCCC1. The third-order valence-corrected chi connectivity index (χ3v) is 5.59. The number of aliphatic imine (C=N–C) groups is 1. The third-order valence-electron chi connectivity index (χ3n) is 5.59. The Morgan fingerprint density at radius 3 is 2.54 bits per heavy atom. The van der Waals surface area contributed by atoms with Crippen molar-refractivity contribution in [3.05, 3.63) is 35.9 Å². The van der Waals surface area contributed by atoms with E-state index >= 15 is 0 Å². The van der Waals surface area contributed by atoms with Gasteiger partial charge >= 0.3 is 0 Å². The van der Waals surface area contributed by atoms with E-state index in [2.05, 4.69) is 54.2 Å². The highest BCUT2D eigenvalue weighted by Gasteiger charge is 2.28. The number of nitrogens with zero attached hydrogens (tertiary/aromatic N) is 3. The van der Waals surface area contributed by atoms with Crippen LogP contribution in [0, 0.1) is 5.92 Å². The first-order valence-electron chi connectivity index (χ1n) is 9.76. The van der Waals surface area contributed by atoms with Gasteiger partial charge in [-0.15, -0.1) is 0 Å². The van der Waals surface area contributed by atoms with Crippen LogP contribution >= 0.6 is 0 Å². The van der Waals surface area contributed by atoms with E-state index in [4.69, 9.17) is 4.99 Å². The molecular weight excluding hydrogens is 294 g/mol. The fourth-order valence-corrected chi connectivity index (χ4v) is 4.31. The molecule has 1 aromatic carbocycles. The van der Waals surface area contributed by atoms with Gasteiger partial charge in [-0.25, -0.2) is 0 Å². The second kappa shape index (κ2) is 8.55. The van der Waals surface area contributed by atoms with E-state index in [9.17, 15) is 0 Å². The summed E-state index contributed by atoms with van der Waals surface area (Å²) in [5.74, 6) is 2.16. The first kappa shape index (κ1) is 17.3. The molecule has 3 heteroatoms. The van der Waals surface area contributed by atoms with Gasteiger partial charge in [-0.05, 0) is 30.7 Å². The van der Waals surface area contributed by atoms with Crippen molar-refractivity contribution in [1.82, 2.24) is 9.80 Å². The van der Waals surface area contributed by atoms with Crippen LogP contribution in [-0.4, -0.2) is 49.0 Å². The predicted molar refractivity (Wildman–Crippen MR) is 102 cm³/mol. The molecule has 1 aliphatic carbocycles. The summed E-state index contributed by atoms with van der Waals surface area (Å²) in [5, 5.41) is 0. The van der Waals surface area contributed by atoms with Gasteiger partial charge in [0.05, 0.1) is 12.6 Å². The molecule has 24 heavy (non-hydrogen) atoms. The Labute approximate surface area is 147 Å². The lowest BCUT2D eigenvalue weighted by Crippen LogP contribution is -2.44. The molecule has 1 heterocycles. The van der Waals surface area contributed by atoms with E-state index in [-0.39, 0.29) is 0 Å². The van der Waals surface area contributed by atoms with Crippen LogP contribution in [0.3, 0.4) is 0 Å². The van der Waals surface area contributed by atoms with E-state index in [1.165, 1.54) is 56.5 Å². The molecule has 0 radical (unpaired) electrons. The van der Waals surface area contributed by atoms with Gasteiger partial charge < -0.3 is 9.80 Å². The van der Waals surface area contributed by atoms with Crippen LogP contribution in [0.4, 0.5) is 0 Å². The lowest BCUT2D eigenvalue weighted by Gasteiger charge is -2.31. The third kappa shape index (κ3) is 4.52. The molecule has 0 aromatic heterocycles. The smallest absolute Gasteiger partial charge is 0.196 e. The molecule has 0 saturated heterocycles. The fourth-order valence-electron chi connectivity index (χ4n) is 4.31. The Kier molecular flexibility index (Phi) is 6.17. The van der Waals surface area contributed by atoms with Crippen molar-refractivity contribution in [3.8, 4) is 0 Å². The molecule has 0 unspecified atom stereocenters. The van der Waals surface area contributed by atoms with Gasteiger partial charge in [0.25, 0.3) is 0 Å². The van der Waals surface area contributed by atoms with Crippen LogP contribution in [0.1, 0.15) is 50.5 Å². The highest BCUT2D eigenvalue weighted by molar-refractivity contribution is 5.81. The largest absolute Gasteiger partial charge is 0.349 e. The summed E-state index contributed by atoms with van der Waals surface area (Å²) in [4.78, 5) is 9.58. The summed E-state index contributed by atoms with van der Waals surface area (Å²) in [6, 6.07) is 11.4. The lowest BCUT2D eigenvalue weighted by molar-refractivity contribution is 0.277. The summed E-state index contributed by atoms with van der Waals surface area (Å²) in [7, 11) is 4.25. The summed E-state index contributed by atoms with van der Waals surface area (Å²) < 4.78 is 0. The monoisotopic (exact) mass is 327 g/mol. The molecule has 3 rings (SSSR count). The average molecular weight is 328 g/mol. The van der Waals surface area contributed by atoms with E-state index in [1.54, 1.807) is 0 Å². The Bertz CT molecular complexity index is 517. The highest BCUT2D eigenvalue weighted by atomic mass is 15.4. The van der Waals surface area contributed by atoms with Crippen molar-refractivity contribution in [2.75, 3.05) is 27.2 Å². The minimum atomic E-state index is 0.524. The summed E-state index contributed by atoms with van der Waals surface area (Å²) in [5.41, 5.74) is 1.43. The van der Waals surface area contributed by atoms with Gasteiger partial charge in [-0.2, -0.15) is 0 Å². The quantitative estimate of drug-likeness (QED) is 0.780. The van der Waals surface area contributed by atoms with Crippen LogP contribution in [0.2, 0.25) is 0 Å². The summed E-state index contributed by atoms with van der Waals surface area (Å²) in [6.45, 7) is 2.09.